The van der Waals surface area contributed by atoms with Crippen molar-refractivity contribution in [1.29, 1.82) is 0 Å². The van der Waals surface area contributed by atoms with Gasteiger partial charge in [-0.15, -0.1) is 0 Å². The molecule has 2 aromatic rings. The highest BCUT2D eigenvalue weighted by Crippen LogP contribution is 2.19. The maximum atomic E-state index is 6.17. The fraction of sp³-hybridized carbons (Fsp3) is 0.316. The van der Waals surface area contributed by atoms with Gasteiger partial charge in [-0.1, -0.05) is 59.8 Å². The minimum Gasteiger partial charge on any atom is -0.396 e. The minimum atomic E-state index is 0.149. The molecule has 0 amide bonds. The van der Waals surface area contributed by atoms with Crippen LogP contribution in [0.2, 0.25) is 0 Å². The Kier molecular flexibility index (Phi) is 6.65. The Morgan fingerprint density at radius 1 is 1.05 bits per heavy atom. The highest BCUT2D eigenvalue weighted by Gasteiger charge is 2.04. The van der Waals surface area contributed by atoms with Gasteiger partial charge >= 0.3 is 0 Å². The Bertz CT molecular complexity index is 564. The molecule has 3 nitrogen and oxygen atoms in total. The fourth-order valence-electron chi connectivity index (χ4n) is 2.34. The third-order valence-electron chi connectivity index (χ3n) is 3.50. The summed E-state index contributed by atoms with van der Waals surface area (Å²) in [6.07, 6.45) is 4.44. The Morgan fingerprint density at radius 2 is 1.73 bits per heavy atom. The van der Waals surface area contributed by atoms with E-state index >= 15 is 0 Å². The van der Waals surface area contributed by atoms with Gasteiger partial charge in [-0.25, -0.2) is 0 Å². The van der Waals surface area contributed by atoms with Crippen molar-refractivity contribution >= 4 is 6.21 Å². The van der Waals surface area contributed by atoms with Gasteiger partial charge in [-0.2, -0.15) is 0 Å². The van der Waals surface area contributed by atoms with Crippen molar-refractivity contribution in [1.82, 2.24) is 0 Å². The normalized spacial score (nSPS) is 12.5. The number of benzene rings is 2. The van der Waals surface area contributed by atoms with Crippen molar-refractivity contribution in [3.63, 3.8) is 0 Å². The molecule has 0 spiro atoms. The van der Waals surface area contributed by atoms with Crippen LogP contribution in [-0.4, -0.2) is 18.9 Å². The lowest BCUT2D eigenvalue weighted by Crippen LogP contribution is -2.22. The molecule has 0 radical (unpaired) electrons. The number of oxime groups is 1. The van der Waals surface area contributed by atoms with E-state index in [-0.39, 0.29) is 6.04 Å². The lowest BCUT2D eigenvalue weighted by molar-refractivity contribution is 0.159. The van der Waals surface area contributed by atoms with Crippen LogP contribution < -0.4 is 5.73 Å². The van der Waals surface area contributed by atoms with Gasteiger partial charge in [0.25, 0.3) is 0 Å². The van der Waals surface area contributed by atoms with E-state index in [4.69, 9.17) is 10.6 Å². The summed E-state index contributed by atoms with van der Waals surface area (Å²) in [5.74, 6) is 0. The van der Waals surface area contributed by atoms with Crippen molar-refractivity contribution in [3.8, 4) is 11.1 Å². The minimum absolute atomic E-state index is 0.149. The predicted molar refractivity (Wildman–Crippen MR) is 92.9 cm³/mol. The van der Waals surface area contributed by atoms with Crippen LogP contribution >= 0.6 is 0 Å². The van der Waals surface area contributed by atoms with Gasteiger partial charge in [-0.3, -0.25) is 0 Å². The molecule has 0 fully saturated rings. The summed E-state index contributed by atoms with van der Waals surface area (Å²) in [5, 5.41) is 3.83. The van der Waals surface area contributed by atoms with Gasteiger partial charge in [0.05, 0.1) is 0 Å². The smallest absolute Gasteiger partial charge is 0.114 e. The van der Waals surface area contributed by atoms with Crippen LogP contribution in [-0.2, 0) is 11.3 Å². The Hall–Kier alpha value is -2.13. The number of hydrogen-bond acceptors (Lipinski definition) is 3. The Morgan fingerprint density at radius 3 is 2.41 bits per heavy atom. The first-order valence-corrected chi connectivity index (χ1v) is 7.83. The highest BCUT2D eigenvalue weighted by molar-refractivity contribution is 5.63. The average molecular weight is 296 g/mol. The first-order chi connectivity index (χ1) is 10.8. The molecule has 116 valence electrons. The first kappa shape index (κ1) is 16.2. The zero-order valence-electron chi connectivity index (χ0n) is 13.1. The standard InChI is InChI=1S/C19H24N2O/c1-2-22-21-14-6-9-19(20)15-16-10-12-18(13-11-16)17-7-4-3-5-8-17/h3-5,7-8,10-14,19H,2,6,9,15,20H2,1H3/b21-14+. The Labute approximate surface area is 132 Å². The van der Waals surface area contributed by atoms with Crippen LogP contribution in [0.4, 0.5) is 0 Å². The molecule has 2 aromatic carbocycles. The molecule has 0 aliphatic carbocycles. The van der Waals surface area contributed by atoms with Crippen molar-refractivity contribution in [3.05, 3.63) is 60.2 Å². The third-order valence-corrected chi connectivity index (χ3v) is 3.50. The van der Waals surface area contributed by atoms with E-state index in [1.165, 1.54) is 16.7 Å². The summed E-state index contributed by atoms with van der Waals surface area (Å²) in [5.41, 5.74) is 9.92. The molecule has 3 heteroatoms. The molecule has 0 saturated heterocycles. The molecule has 0 aliphatic rings. The van der Waals surface area contributed by atoms with E-state index in [0.717, 1.165) is 19.3 Å². The summed E-state index contributed by atoms with van der Waals surface area (Å²) in [6, 6.07) is 19.2. The number of hydrogen-bond donors (Lipinski definition) is 1. The van der Waals surface area contributed by atoms with Crippen LogP contribution in [0.25, 0.3) is 11.1 Å². The predicted octanol–water partition coefficient (Wildman–Crippen LogP) is 4.03. The van der Waals surface area contributed by atoms with Gasteiger partial charge in [-0.05, 0) is 42.9 Å². The average Bonchev–Trinajstić information content (AvgIpc) is 2.56. The zero-order chi connectivity index (χ0) is 15.6. The van der Waals surface area contributed by atoms with Crippen LogP contribution in [0.1, 0.15) is 25.3 Å². The van der Waals surface area contributed by atoms with Crippen molar-refractivity contribution in [2.45, 2.75) is 32.2 Å². The topological polar surface area (TPSA) is 47.6 Å². The van der Waals surface area contributed by atoms with Crippen LogP contribution in [0, 0.1) is 0 Å². The molecule has 2 N–H and O–H groups in total. The quantitative estimate of drug-likeness (QED) is 0.590. The van der Waals surface area contributed by atoms with E-state index in [0.29, 0.717) is 6.61 Å². The summed E-state index contributed by atoms with van der Waals surface area (Å²) >= 11 is 0. The molecule has 1 atom stereocenters. The maximum absolute atomic E-state index is 6.17. The highest BCUT2D eigenvalue weighted by atomic mass is 16.6. The lowest BCUT2D eigenvalue weighted by atomic mass is 9.99. The monoisotopic (exact) mass is 296 g/mol. The van der Waals surface area contributed by atoms with Crippen LogP contribution in [0.3, 0.4) is 0 Å². The van der Waals surface area contributed by atoms with E-state index in [2.05, 4.69) is 53.7 Å². The van der Waals surface area contributed by atoms with Crippen LogP contribution in [0.5, 0.6) is 0 Å². The molecule has 2 rings (SSSR count). The SMILES string of the molecule is CCO/N=C/CCC(N)Cc1ccc(-c2ccccc2)cc1. The molecule has 0 aliphatic heterocycles. The zero-order valence-corrected chi connectivity index (χ0v) is 13.1. The molecular formula is C19H24N2O. The summed E-state index contributed by atoms with van der Waals surface area (Å²) in [7, 11) is 0. The second-order valence-corrected chi connectivity index (χ2v) is 5.31. The second kappa shape index (κ2) is 9.00. The van der Waals surface area contributed by atoms with Crippen molar-refractivity contribution in [2.24, 2.45) is 10.9 Å². The number of nitrogens with two attached hydrogens (primary N) is 1. The van der Waals surface area contributed by atoms with Crippen molar-refractivity contribution < 1.29 is 4.84 Å². The van der Waals surface area contributed by atoms with E-state index in [9.17, 15) is 0 Å². The molecule has 0 heterocycles. The summed E-state index contributed by atoms with van der Waals surface area (Å²) < 4.78 is 0. The summed E-state index contributed by atoms with van der Waals surface area (Å²) in [4.78, 5) is 4.92. The van der Waals surface area contributed by atoms with Crippen LogP contribution in [0.15, 0.2) is 59.8 Å². The molecule has 0 aromatic heterocycles. The van der Waals surface area contributed by atoms with Gasteiger partial charge < -0.3 is 10.6 Å². The number of nitrogens with zero attached hydrogens (tertiary/aromatic N) is 1. The molecular weight excluding hydrogens is 272 g/mol. The molecule has 1 unspecified atom stereocenters. The summed E-state index contributed by atoms with van der Waals surface area (Å²) in [6.45, 7) is 2.53. The number of rotatable bonds is 8. The van der Waals surface area contributed by atoms with Gasteiger partial charge in [0.15, 0.2) is 0 Å². The van der Waals surface area contributed by atoms with E-state index in [1.54, 1.807) is 6.21 Å². The van der Waals surface area contributed by atoms with Gasteiger partial charge in [0.1, 0.15) is 6.61 Å². The lowest BCUT2D eigenvalue weighted by Gasteiger charge is -2.11. The molecule has 0 saturated carbocycles. The molecule has 22 heavy (non-hydrogen) atoms. The van der Waals surface area contributed by atoms with Crippen molar-refractivity contribution in [2.75, 3.05) is 6.61 Å². The van der Waals surface area contributed by atoms with Gasteiger partial charge in [0, 0.05) is 12.3 Å². The second-order valence-electron chi connectivity index (χ2n) is 5.31. The molecule has 0 bridgehead atoms. The first-order valence-electron chi connectivity index (χ1n) is 7.83. The Balaban J connectivity index is 1.83. The van der Waals surface area contributed by atoms with E-state index < -0.39 is 0 Å². The fourth-order valence-corrected chi connectivity index (χ4v) is 2.34. The third kappa shape index (κ3) is 5.34. The maximum Gasteiger partial charge on any atom is 0.114 e. The van der Waals surface area contributed by atoms with E-state index in [1.807, 2.05) is 13.0 Å². The van der Waals surface area contributed by atoms with Gasteiger partial charge in [0.2, 0.25) is 0 Å². The largest absolute Gasteiger partial charge is 0.396 e.